The Labute approximate surface area is 185 Å². The summed E-state index contributed by atoms with van der Waals surface area (Å²) in [4.78, 5) is 7.12. The second-order valence-corrected chi connectivity index (χ2v) is 6.55. The molecule has 1 aromatic carbocycles. The minimum absolute atomic E-state index is 0. The van der Waals surface area contributed by atoms with E-state index in [-0.39, 0.29) is 24.0 Å². The van der Waals surface area contributed by atoms with Crippen LogP contribution in [0.15, 0.2) is 23.2 Å². The molecular weight excluding hydrogens is 479 g/mol. The van der Waals surface area contributed by atoms with Crippen LogP contribution in [0.25, 0.3) is 0 Å². The van der Waals surface area contributed by atoms with Gasteiger partial charge in [0.2, 0.25) is 0 Å². The largest absolute Gasteiger partial charge is 0.493 e. The zero-order valence-corrected chi connectivity index (χ0v) is 19.4. The fourth-order valence-electron chi connectivity index (χ4n) is 2.79. The van der Waals surface area contributed by atoms with Crippen molar-refractivity contribution in [2.75, 3.05) is 52.5 Å². The summed E-state index contributed by atoms with van der Waals surface area (Å²) in [7, 11) is 0. The summed E-state index contributed by atoms with van der Waals surface area (Å²) < 4.78 is 11.0. The maximum absolute atomic E-state index is 6.06. The molecule has 1 fully saturated rings. The van der Waals surface area contributed by atoms with Gasteiger partial charge in [-0.2, -0.15) is 0 Å². The summed E-state index contributed by atoms with van der Waals surface area (Å²) in [6.45, 7) is 11.8. The summed E-state index contributed by atoms with van der Waals surface area (Å²) in [5.41, 5.74) is 1.03. The molecule has 0 bridgehead atoms. The summed E-state index contributed by atoms with van der Waals surface area (Å²) in [6.07, 6.45) is 1.08. The highest BCUT2D eigenvalue weighted by Crippen LogP contribution is 2.24. The van der Waals surface area contributed by atoms with Crippen LogP contribution in [0.2, 0.25) is 5.02 Å². The molecule has 0 spiro atoms. The lowest BCUT2D eigenvalue weighted by Crippen LogP contribution is -2.40. The van der Waals surface area contributed by atoms with Gasteiger partial charge in [0, 0.05) is 36.8 Å². The van der Waals surface area contributed by atoms with Gasteiger partial charge in [0.15, 0.2) is 5.96 Å². The standard InChI is InChI=1S/C19H31ClN4O2.HI/c1-3-21-19(22-8-5-9-24-10-12-25-13-11-24)23-15-16-6-7-17(20)14-18(16)26-4-2;/h6-7,14H,3-5,8-13,15H2,1-2H3,(H2,21,22,23);1H. The van der Waals surface area contributed by atoms with Crippen molar-refractivity contribution in [3.05, 3.63) is 28.8 Å². The fraction of sp³-hybridized carbons (Fsp3) is 0.632. The molecule has 1 aliphatic rings. The van der Waals surface area contributed by atoms with Gasteiger partial charge in [0.25, 0.3) is 0 Å². The number of halogens is 2. The van der Waals surface area contributed by atoms with Crippen LogP contribution in [0.4, 0.5) is 0 Å². The van der Waals surface area contributed by atoms with Crippen molar-refractivity contribution in [3.8, 4) is 5.75 Å². The number of rotatable bonds is 9. The Morgan fingerprint density at radius 3 is 2.74 bits per heavy atom. The van der Waals surface area contributed by atoms with Crippen molar-refractivity contribution in [2.45, 2.75) is 26.8 Å². The molecule has 0 amide bonds. The number of aliphatic imine (C=N–C) groups is 1. The summed E-state index contributed by atoms with van der Waals surface area (Å²) in [5, 5.41) is 7.38. The van der Waals surface area contributed by atoms with Crippen LogP contribution in [0, 0.1) is 0 Å². The van der Waals surface area contributed by atoms with Crippen LogP contribution >= 0.6 is 35.6 Å². The third-order valence-electron chi connectivity index (χ3n) is 4.13. The molecule has 1 saturated heterocycles. The van der Waals surface area contributed by atoms with Gasteiger partial charge in [0.1, 0.15) is 5.75 Å². The van der Waals surface area contributed by atoms with Gasteiger partial charge in [0.05, 0.1) is 26.4 Å². The maximum atomic E-state index is 6.06. The number of nitrogens with zero attached hydrogens (tertiary/aromatic N) is 2. The molecule has 0 aromatic heterocycles. The van der Waals surface area contributed by atoms with Gasteiger partial charge in [-0.3, -0.25) is 4.90 Å². The Morgan fingerprint density at radius 1 is 1.26 bits per heavy atom. The highest BCUT2D eigenvalue weighted by atomic mass is 127. The van der Waals surface area contributed by atoms with E-state index in [1.54, 1.807) is 0 Å². The number of guanidine groups is 1. The van der Waals surface area contributed by atoms with E-state index in [0.717, 1.165) is 69.6 Å². The second-order valence-electron chi connectivity index (χ2n) is 6.11. The van der Waals surface area contributed by atoms with Crippen LogP contribution in [0.5, 0.6) is 5.75 Å². The Bertz CT molecular complexity index is 569. The minimum atomic E-state index is 0. The molecule has 1 aromatic rings. The first-order chi connectivity index (χ1) is 12.7. The zero-order valence-electron chi connectivity index (χ0n) is 16.3. The molecule has 6 nitrogen and oxygen atoms in total. The molecule has 0 radical (unpaired) electrons. The summed E-state index contributed by atoms with van der Waals surface area (Å²) in [6, 6.07) is 5.69. The molecule has 1 heterocycles. The molecule has 27 heavy (non-hydrogen) atoms. The Kier molecular flexibility index (Phi) is 12.8. The molecule has 0 aliphatic carbocycles. The summed E-state index contributed by atoms with van der Waals surface area (Å²) >= 11 is 6.06. The van der Waals surface area contributed by atoms with Crippen LogP contribution in [-0.2, 0) is 11.3 Å². The molecule has 154 valence electrons. The molecule has 8 heteroatoms. The van der Waals surface area contributed by atoms with Gasteiger partial charge >= 0.3 is 0 Å². The van der Waals surface area contributed by atoms with Crippen molar-refractivity contribution in [3.63, 3.8) is 0 Å². The second kappa shape index (κ2) is 14.3. The summed E-state index contributed by atoms with van der Waals surface area (Å²) in [5.74, 6) is 1.62. The van der Waals surface area contributed by atoms with E-state index in [9.17, 15) is 0 Å². The predicted octanol–water partition coefficient (Wildman–Crippen LogP) is 3.13. The predicted molar refractivity (Wildman–Crippen MR) is 123 cm³/mol. The monoisotopic (exact) mass is 510 g/mol. The quantitative estimate of drug-likeness (QED) is 0.231. The third-order valence-corrected chi connectivity index (χ3v) is 4.36. The fourth-order valence-corrected chi connectivity index (χ4v) is 2.95. The van der Waals surface area contributed by atoms with Gasteiger partial charge < -0.3 is 20.1 Å². The average Bonchev–Trinajstić information content (AvgIpc) is 2.65. The smallest absolute Gasteiger partial charge is 0.191 e. The lowest BCUT2D eigenvalue weighted by molar-refractivity contribution is 0.0376. The lowest BCUT2D eigenvalue weighted by atomic mass is 10.2. The van der Waals surface area contributed by atoms with Gasteiger partial charge in [-0.15, -0.1) is 24.0 Å². The third kappa shape index (κ3) is 9.32. The number of morpholine rings is 1. The normalized spacial score (nSPS) is 15.1. The van der Waals surface area contributed by atoms with E-state index in [1.807, 2.05) is 25.1 Å². The Morgan fingerprint density at radius 2 is 2.04 bits per heavy atom. The number of hydrogen-bond acceptors (Lipinski definition) is 4. The number of ether oxygens (including phenoxy) is 2. The highest BCUT2D eigenvalue weighted by molar-refractivity contribution is 14.0. The SMILES string of the molecule is CCNC(=NCc1ccc(Cl)cc1OCC)NCCCN1CCOCC1.I. The number of nitrogens with one attached hydrogen (secondary N) is 2. The molecule has 2 N–H and O–H groups in total. The van der Waals surface area contributed by atoms with E-state index < -0.39 is 0 Å². The molecule has 0 unspecified atom stereocenters. The van der Waals surface area contributed by atoms with Crippen molar-refractivity contribution in [1.82, 2.24) is 15.5 Å². The minimum Gasteiger partial charge on any atom is -0.493 e. The van der Waals surface area contributed by atoms with E-state index >= 15 is 0 Å². The first kappa shape index (κ1) is 24.3. The number of hydrogen-bond donors (Lipinski definition) is 2. The molecule has 1 aliphatic heterocycles. The first-order valence-corrected chi connectivity index (χ1v) is 9.84. The Hall–Kier alpha value is -0.770. The molecular formula is C19H32ClIN4O2. The van der Waals surface area contributed by atoms with Crippen molar-refractivity contribution < 1.29 is 9.47 Å². The molecule has 2 rings (SSSR count). The lowest BCUT2D eigenvalue weighted by Gasteiger charge is -2.26. The first-order valence-electron chi connectivity index (χ1n) is 9.46. The Balaban J connectivity index is 0.00000364. The van der Waals surface area contributed by atoms with Gasteiger partial charge in [-0.25, -0.2) is 4.99 Å². The van der Waals surface area contributed by atoms with E-state index in [2.05, 4.69) is 27.4 Å². The van der Waals surface area contributed by atoms with Crippen LogP contribution in [0.3, 0.4) is 0 Å². The number of benzene rings is 1. The van der Waals surface area contributed by atoms with Gasteiger partial charge in [-0.05, 0) is 38.9 Å². The van der Waals surface area contributed by atoms with Gasteiger partial charge in [-0.1, -0.05) is 17.7 Å². The highest BCUT2D eigenvalue weighted by Gasteiger charge is 2.09. The van der Waals surface area contributed by atoms with E-state index in [4.69, 9.17) is 21.1 Å². The maximum Gasteiger partial charge on any atom is 0.191 e. The van der Waals surface area contributed by atoms with Crippen molar-refractivity contribution in [1.29, 1.82) is 0 Å². The zero-order chi connectivity index (χ0) is 18.6. The van der Waals surface area contributed by atoms with Crippen LogP contribution in [-0.4, -0.2) is 63.4 Å². The van der Waals surface area contributed by atoms with Crippen molar-refractivity contribution >= 4 is 41.5 Å². The van der Waals surface area contributed by atoms with Crippen LogP contribution < -0.4 is 15.4 Å². The van der Waals surface area contributed by atoms with E-state index in [1.165, 1.54) is 0 Å². The average molecular weight is 511 g/mol. The topological polar surface area (TPSA) is 58.1 Å². The molecule has 0 atom stereocenters. The molecule has 0 saturated carbocycles. The van der Waals surface area contributed by atoms with Crippen molar-refractivity contribution in [2.24, 2.45) is 4.99 Å². The van der Waals surface area contributed by atoms with E-state index in [0.29, 0.717) is 18.2 Å². The van der Waals surface area contributed by atoms with Crippen LogP contribution in [0.1, 0.15) is 25.8 Å².